The molecule has 1 unspecified atom stereocenters. The van der Waals surface area contributed by atoms with Crippen LogP contribution in [0.15, 0.2) is 24.3 Å². The number of benzene rings is 1. The summed E-state index contributed by atoms with van der Waals surface area (Å²) < 4.78 is 0. The van der Waals surface area contributed by atoms with E-state index in [4.69, 9.17) is 0 Å². The van der Waals surface area contributed by atoms with Gasteiger partial charge in [-0.2, -0.15) is 0 Å². The highest BCUT2D eigenvalue weighted by Gasteiger charge is 2.19. The van der Waals surface area contributed by atoms with E-state index in [1.54, 1.807) is 0 Å². The first-order valence-corrected chi connectivity index (χ1v) is 6.41. The average Bonchev–Trinajstić information content (AvgIpc) is 2.50. The highest BCUT2D eigenvalue weighted by atomic mass is 15.2. The fourth-order valence-corrected chi connectivity index (χ4v) is 2.49. The second-order valence-electron chi connectivity index (χ2n) is 4.53. The van der Waals surface area contributed by atoms with E-state index >= 15 is 0 Å². The lowest BCUT2D eigenvalue weighted by Crippen LogP contribution is -2.38. The Labute approximate surface area is 98.7 Å². The summed E-state index contributed by atoms with van der Waals surface area (Å²) in [7, 11) is 0. The predicted molar refractivity (Wildman–Crippen MR) is 69.9 cm³/mol. The first-order chi connectivity index (χ1) is 7.85. The quantitative estimate of drug-likeness (QED) is 0.839. The lowest BCUT2D eigenvalue weighted by atomic mass is 10.1. The van der Waals surface area contributed by atoms with Crippen molar-refractivity contribution in [3.8, 4) is 0 Å². The van der Waals surface area contributed by atoms with Crippen LogP contribution in [0.2, 0.25) is 0 Å². The molecule has 88 valence electrons. The predicted octanol–water partition coefficient (Wildman–Crippen LogP) is 2.78. The molecule has 0 aliphatic carbocycles. The molecule has 16 heavy (non-hydrogen) atoms. The normalized spacial score (nSPS) is 20.4. The van der Waals surface area contributed by atoms with E-state index in [0.717, 1.165) is 19.6 Å². The molecule has 0 fully saturated rings. The molecule has 0 saturated carbocycles. The van der Waals surface area contributed by atoms with Crippen LogP contribution in [0, 0.1) is 0 Å². The number of hydrogen-bond acceptors (Lipinski definition) is 2. The van der Waals surface area contributed by atoms with Crippen LogP contribution in [0.25, 0.3) is 0 Å². The van der Waals surface area contributed by atoms with Gasteiger partial charge in [0.2, 0.25) is 0 Å². The highest BCUT2D eigenvalue weighted by Crippen LogP contribution is 2.23. The van der Waals surface area contributed by atoms with Gasteiger partial charge in [0, 0.05) is 31.4 Å². The van der Waals surface area contributed by atoms with E-state index in [2.05, 4.69) is 48.3 Å². The maximum absolute atomic E-state index is 3.66. The van der Waals surface area contributed by atoms with Gasteiger partial charge in [0.25, 0.3) is 0 Å². The van der Waals surface area contributed by atoms with Crippen molar-refractivity contribution in [2.45, 2.75) is 39.3 Å². The summed E-state index contributed by atoms with van der Waals surface area (Å²) in [5, 5.41) is 3.66. The van der Waals surface area contributed by atoms with Crippen molar-refractivity contribution >= 4 is 5.69 Å². The van der Waals surface area contributed by atoms with Crippen molar-refractivity contribution in [2.24, 2.45) is 0 Å². The fourth-order valence-electron chi connectivity index (χ4n) is 2.49. The second kappa shape index (κ2) is 5.35. The van der Waals surface area contributed by atoms with Crippen LogP contribution >= 0.6 is 0 Å². The van der Waals surface area contributed by atoms with Crippen LogP contribution in [0.1, 0.15) is 32.3 Å². The first kappa shape index (κ1) is 11.5. The third-order valence-electron chi connectivity index (χ3n) is 3.37. The zero-order valence-electron chi connectivity index (χ0n) is 10.4. The lowest BCUT2D eigenvalue weighted by Gasteiger charge is -2.26. The fraction of sp³-hybridized carbons (Fsp3) is 0.571. The highest BCUT2D eigenvalue weighted by molar-refractivity contribution is 5.54. The van der Waals surface area contributed by atoms with Gasteiger partial charge in [0.1, 0.15) is 0 Å². The van der Waals surface area contributed by atoms with Crippen molar-refractivity contribution in [3.63, 3.8) is 0 Å². The zero-order chi connectivity index (χ0) is 11.4. The Kier molecular flexibility index (Phi) is 3.83. The van der Waals surface area contributed by atoms with Gasteiger partial charge >= 0.3 is 0 Å². The van der Waals surface area contributed by atoms with E-state index in [1.165, 1.54) is 24.1 Å². The zero-order valence-corrected chi connectivity index (χ0v) is 10.4. The molecule has 1 aliphatic rings. The smallest absolute Gasteiger partial charge is 0.0412 e. The number of likely N-dealkylation sites (N-methyl/N-ethyl adjacent to an activating group) is 1. The van der Waals surface area contributed by atoms with Crippen LogP contribution in [0.5, 0.6) is 0 Å². The van der Waals surface area contributed by atoms with Gasteiger partial charge in [0.05, 0.1) is 0 Å². The molecule has 1 aromatic rings. The Morgan fingerprint density at radius 3 is 2.88 bits per heavy atom. The molecular formula is C14H22N2. The minimum atomic E-state index is 0.636. The summed E-state index contributed by atoms with van der Waals surface area (Å²) in [6, 6.07) is 9.39. The number of nitrogens with zero attached hydrogens (tertiary/aromatic N) is 1. The molecule has 0 aromatic heterocycles. The van der Waals surface area contributed by atoms with Gasteiger partial charge in [0.15, 0.2) is 0 Å². The molecule has 1 aliphatic heterocycles. The van der Waals surface area contributed by atoms with E-state index in [0.29, 0.717) is 6.04 Å². The topological polar surface area (TPSA) is 15.3 Å². The number of fused-ring (bicyclic) bond motifs is 1. The minimum Gasteiger partial charge on any atom is -0.370 e. The largest absolute Gasteiger partial charge is 0.370 e. The monoisotopic (exact) mass is 218 g/mol. The van der Waals surface area contributed by atoms with Crippen molar-refractivity contribution in [3.05, 3.63) is 29.8 Å². The maximum atomic E-state index is 3.66. The van der Waals surface area contributed by atoms with Gasteiger partial charge in [-0.15, -0.1) is 0 Å². The van der Waals surface area contributed by atoms with E-state index in [-0.39, 0.29) is 0 Å². The standard InChI is InChI=1S/C14H22N2/c1-3-7-13-11-16(4-2)14-9-6-5-8-12(14)10-15-13/h5-6,8-9,13,15H,3-4,7,10-11H2,1-2H3. The van der Waals surface area contributed by atoms with Crippen LogP contribution in [0.3, 0.4) is 0 Å². The molecular weight excluding hydrogens is 196 g/mol. The Morgan fingerprint density at radius 2 is 2.12 bits per heavy atom. The van der Waals surface area contributed by atoms with Crippen molar-refractivity contribution in [2.75, 3.05) is 18.0 Å². The molecule has 2 heteroatoms. The van der Waals surface area contributed by atoms with Crippen molar-refractivity contribution < 1.29 is 0 Å². The minimum absolute atomic E-state index is 0.636. The number of hydrogen-bond donors (Lipinski definition) is 1. The molecule has 0 amide bonds. The van der Waals surface area contributed by atoms with Gasteiger partial charge in [-0.05, 0) is 25.0 Å². The third-order valence-corrected chi connectivity index (χ3v) is 3.37. The van der Waals surface area contributed by atoms with Crippen LogP contribution in [0.4, 0.5) is 5.69 Å². The van der Waals surface area contributed by atoms with Crippen molar-refractivity contribution in [1.82, 2.24) is 5.32 Å². The SMILES string of the molecule is CCCC1CN(CC)c2ccccc2CN1. The van der Waals surface area contributed by atoms with Gasteiger partial charge < -0.3 is 10.2 Å². The Balaban J connectivity index is 2.20. The summed E-state index contributed by atoms with van der Waals surface area (Å²) in [5.74, 6) is 0. The maximum Gasteiger partial charge on any atom is 0.0412 e. The Morgan fingerprint density at radius 1 is 1.31 bits per heavy atom. The summed E-state index contributed by atoms with van der Waals surface area (Å²) >= 11 is 0. The molecule has 1 N–H and O–H groups in total. The van der Waals surface area contributed by atoms with Gasteiger partial charge in [-0.3, -0.25) is 0 Å². The second-order valence-corrected chi connectivity index (χ2v) is 4.53. The summed E-state index contributed by atoms with van der Waals surface area (Å²) in [6.07, 6.45) is 2.52. The molecule has 0 bridgehead atoms. The number of para-hydroxylation sites is 1. The molecule has 2 nitrogen and oxygen atoms in total. The van der Waals surface area contributed by atoms with Crippen LogP contribution in [-0.4, -0.2) is 19.1 Å². The molecule has 0 saturated heterocycles. The van der Waals surface area contributed by atoms with E-state index in [1.807, 2.05) is 0 Å². The Bertz CT molecular complexity index is 335. The van der Waals surface area contributed by atoms with Crippen LogP contribution < -0.4 is 10.2 Å². The number of nitrogens with one attached hydrogen (secondary N) is 1. The third kappa shape index (κ3) is 2.38. The molecule has 0 radical (unpaired) electrons. The van der Waals surface area contributed by atoms with Gasteiger partial charge in [-0.1, -0.05) is 31.5 Å². The van der Waals surface area contributed by atoms with E-state index < -0.39 is 0 Å². The molecule has 0 spiro atoms. The molecule has 2 rings (SSSR count). The molecule has 1 atom stereocenters. The molecule has 1 aromatic carbocycles. The summed E-state index contributed by atoms with van der Waals surface area (Å²) in [6.45, 7) is 7.75. The van der Waals surface area contributed by atoms with Crippen molar-refractivity contribution in [1.29, 1.82) is 0 Å². The first-order valence-electron chi connectivity index (χ1n) is 6.41. The average molecular weight is 218 g/mol. The summed E-state index contributed by atoms with van der Waals surface area (Å²) in [5.41, 5.74) is 2.85. The van der Waals surface area contributed by atoms with E-state index in [9.17, 15) is 0 Å². The number of rotatable bonds is 3. The van der Waals surface area contributed by atoms with Gasteiger partial charge in [-0.25, -0.2) is 0 Å². The number of anilines is 1. The molecule has 1 heterocycles. The Hall–Kier alpha value is -1.02. The van der Waals surface area contributed by atoms with Crippen LogP contribution in [-0.2, 0) is 6.54 Å². The summed E-state index contributed by atoms with van der Waals surface area (Å²) in [4.78, 5) is 2.50. The lowest BCUT2D eigenvalue weighted by molar-refractivity contribution is 0.482.